The molecule has 34 heavy (non-hydrogen) atoms. The topological polar surface area (TPSA) is 121 Å². The molecule has 5 rings (SSSR count). The van der Waals surface area contributed by atoms with Gasteiger partial charge < -0.3 is 14.6 Å². The van der Waals surface area contributed by atoms with Crippen molar-refractivity contribution in [2.24, 2.45) is 0 Å². The van der Waals surface area contributed by atoms with Crippen LogP contribution in [0.3, 0.4) is 0 Å². The summed E-state index contributed by atoms with van der Waals surface area (Å²) in [5, 5.41) is 18.9. The third kappa shape index (κ3) is 3.72. The van der Waals surface area contributed by atoms with Gasteiger partial charge in [0, 0.05) is 11.3 Å². The Balaban J connectivity index is 1.56. The Morgan fingerprint density at radius 2 is 1.91 bits per heavy atom. The highest BCUT2D eigenvalue weighted by Crippen LogP contribution is 2.30. The summed E-state index contributed by atoms with van der Waals surface area (Å²) in [5.41, 5.74) is 3.20. The molecule has 11 heteroatoms. The van der Waals surface area contributed by atoms with Crippen molar-refractivity contribution in [1.82, 2.24) is 30.3 Å². The molecular weight excluding hydrogens is 441 g/mol. The number of nitrogens with one attached hydrogen (secondary N) is 1. The SMILES string of the molecule is COc1ccc(NC(=O)c2cc(-c3ccc(F)cc3)nc3onc(C)c23)cc1-n1nnnc1C. The number of fused-ring (bicyclic) bond motifs is 1. The van der Waals surface area contributed by atoms with Crippen molar-refractivity contribution >= 4 is 22.7 Å². The van der Waals surface area contributed by atoms with Gasteiger partial charge in [-0.3, -0.25) is 4.79 Å². The summed E-state index contributed by atoms with van der Waals surface area (Å²) >= 11 is 0. The first-order chi connectivity index (χ1) is 16.4. The van der Waals surface area contributed by atoms with Crippen LogP contribution >= 0.6 is 0 Å². The maximum atomic E-state index is 13.4. The highest BCUT2D eigenvalue weighted by molar-refractivity contribution is 6.13. The van der Waals surface area contributed by atoms with E-state index in [1.807, 2.05) is 0 Å². The monoisotopic (exact) mass is 459 g/mol. The van der Waals surface area contributed by atoms with Crippen LogP contribution in [0.5, 0.6) is 5.75 Å². The van der Waals surface area contributed by atoms with Gasteiger partial charge in [-0.2, -0.15) is 4.68 Å². The standard InChI is InChI=1S/C23H18FN7O3/c1-12-21-17(11-18(26-23(21)34-28-12)14-4-6-15(24)7-5-14)22(32)25-16-8-9-20(33-3)19(10-16)31-13(2)27-29-30-31/h4-11H,1-3H3,(H,25,32). The number of aryl methyl sites for hydroxylation is 2. The van der Waals surface area contributed by atoms with Crippen molar-refractivity contribution in [2.45, 2.75) is 13.8 Å². The first-order valence-corrected chi connectivity index (χ1v) is 10.2. The summed E-state index contributed by atoms with van der Waals surface area (Å²) in [6.45, 7) is 3.48. The summed E-state index contributed by atoms with van der Waals surface area (Å²) in [7, 11) is 1.54. The fraction of sp³-hybridized carbons (Fsp3) is 0.130. The van der Waals surface area contributed by atoms with Gasteiger partial charge >= 0.3 is 0 Å². The number of aromatic nitrogens is 6. The van der Waals surface area contributed by atoms with Crippen LogP contribution in [0.2, 0.25) is 0 Å². The zero-order valence-electron chi connectivity index (χ0n) is 18.4. The number of hydrogen-bond acceptors (Lipinski definition) is 8. The van der Waals surface area contributed by atoms with Crippen LogP contribution in [0.25, 0.3) is 28.0 Å². The molecule has 2 aromatic carbocycles. The predicted octanol–water partition coefficient (Wildman–Crippen LogP) is 3.88. The molecule has 3 heterocycles. The molecule has 0 unspecified atom stereocenters. The van der Waals surface area contributed by atoms with Crippen molar-refractivity contribution in [3.63, 3.8) is 0 Å². The molecule has 0 saturated carbocycles. The minimum absolute atomic E-state index is 0.212. The van der Waals surface area contributed by atoms with Crippen LogP contribution < -0.4 is 10.1 Å². The normalized spacial score (nSPS) is 11.1. The molecule has 1 amide bonds. The van der Waals surface area contributed by atoms with Crippen molar-refractivity contribution in [2.75, 3.05) is 12.4 Å². The highest BCUT2D eigenvalue weighted by atomic mass is 19.1. The number of hydrogen-bond donors (Lipinski definition) is 1. The van der Waals surface area contributed by atoms with Gasteiger partial charge in [0.15, 0.2) is 5.82 Å². The van der Waals surface area contributed by atoms with Crippen molar-refractivity contribution < 1.29 is 18.4 Å². The third-order valence-electron chi connectivity index (χ3n) is 5.29. The zero-order chi connectivity index (χ0) is 23.8. The van der Waals surface area contributed by atoms with Crippen LogP contribution in [-0.2, 0) is 0 Å². The fourth-order valence-corrected chi connectivity index (χ4v) is 3.63. The summed E-state index contributed by atoms with van der Waals surface area (Å²) in [6, 6.07) is 12.6. The highest BCUT2D eigenvalue weighted by Gasteiger charge is 2.20. The molecule has 0 bridgehead atoms. The molecular formula is C23H18FN7O3. The van der Waals surface area contributed by atoms with E-state index in [1.165, 1.54) is 23.9 Å². The quantitative estimate of drug-likeness (QED) is 0.420. The molecule has 0 saturated heterocycles. The van der Waals surface area contributed by atoms with Crippen LogP contribution in [0.15, 0.2) is 53.1 Å². The molecule has 0 spiro atoms. The first-order valence-electron chi connectivity index (χ1n) is 10.2. The number of carbonyl (C=O) groups excluding carboxylic acids is 1. The smallest absolute Gasteiger partial charge is 0.259 e. The van der Waals surface area contributed by atoms with Gasteiger partial charge in [0.25, 0.3) is 11.6 Å². The third-order valence-corrected chi connectivity index (χ3v) is 5.29. The molecule has 0 aliphatic carbocycles. The lowest BCUT2D eigenvalue weighted by molar-refractivity contribution is 0.102. The summed E-state index contributed by atoms with van der Waals surface area (Å²) in [5.74, 6) is 0.327. The second-order valence-electron chi connectivity index (χ2n) is 7.49. The molecule has 5 aromatic rings. The minimum atomic E-state index is -0.397. The summed E-state index contributed by atoms with van der Waals surface area (Å²) < 4.78 is 25.6. The van der Waals surface area contributed by atoms with Crippen LogP contribution in [-0.4, -0.2) is 43.4 Å². The Kier molecular flexibility index (Phi) is 5.21. The number of nitrogens with zero attached hydrogens (tertiary/aromatic N) is 6. The van der Waals surface area contributed by atoms with E-state index in [0.29, 0.717) is 50.8 Å². The minimum Gasteiger partial charge on any atom is -0.494 e. The molecule has 0 atom stereocenters. The largest absolute Gasteiger partial charge is 0.494 e. The predicted molar refractivity (Wildman–Crippen MR) is 120 cm³/mol. The Morgan fingerprint density at radius 1 is 1.12 bits per heavy atom. The first kappa shape index (κ1) is 21.2. The Labute approximate surface area is 192 Å². The van der Waals surface area contributed by atoms with E-state index in [9.17, 15) is 9.18 Å². The molecule has 170 valence electrons. The zero-order valence-corrected chi connectivity index (χ0v) is 18.4. The van der Waals surface area contributed by atoms with Gasteiger partial charge in [0.05, 0.1) is 29.4 Å². The number of methoxy groups -OCH3 is 1. The van der Waals surface area contributed by atoms with Crippen LogP contribution in [0, 0.1) is 19.7 Å². The molecule has 3 aromatic heterocycles. The average Bonchev–Trinajstić information content (AvgIpc) is 3.44. The number of anilines is 1. The molecule has 10 nitrogen and oxygen atoms in total. The maximum Gasteiger partial charge on any atom is 0.259 e. The van der Waals surface area contributed by atoms with Crippen LogP contribution in [0.1, 0.15) is 21.9 Å². The number of carbonyl (C=O) groups is 1. The fourth-order valence-electron chi connectivity index (χ4n) is 3.63. The van der Waals surface area contributed by atoms with E-state index < -0.39 is 5.91 Å². The lowest BCUT2D eigenvalue weighted by atomic mass is 10.0. The van der Waals surface area contributed by atoms with Crippen LogP contribution in [0.4, 0.5) is 10.1 Å². The van der Waals surface area contributed by atoms with Gasteiger partial charge in [-0.15, -0.1) is 5.10 Å². The van der Waals surface area contributed by atoms with E-state index in [0.717, 1.165) is 0 Å². The number of pyridine rings is 1. The summed E-state index contributed by atoms with van der Waals surface area (Å²) in [6.07, 6.45) is 0. The van der Waals surface area contributed by atoms with E-state index in [1.54, 1.807) is 50.2 Å². The Bertz CT molecular complexity index is 1530. The van der Waals surface area contributed by atoms with Crippen molar-refractivity contribution in [1.29, 1.82) is 0 Å². The number of ether oxygens (including phenoxy) is 1. The maximum absolute atomic E-state index is 13.4. The lowest BCUT2D eigenvalue weighted by Gasteiger charge is -2.12. The van der Waals surface area contributed by atoms with Gasteiger partial charge in [0.1, 0.15) is 17.3 Å². The molecule has 0 fully saturated rings. The van der Waals surface area contributed by atoms with Gasteiger partial charge in [-0.1, -0.05) is 5.16 Å². The van der Waals surface area contributed by atoms with Gasteiger partial charge in [-0.25, -0.2) is 9.37 Å². The number of tetrazole rings is 1. The average molecular weight is 459 g/mol. The molecule has 0 radical (unpaired) electrons. The Morgan fingerprint density at radius 3 is 2.62 bits per heavy atom. The molecule has 1 N–H and O–H groups in total. The van der Waals surface area contributed by atoms with Gasteiger partial charge in [0.2, 0.25) is 0 Å². The van der Waals surface area contributed by atoms with E-state index in [4.69, 9.17) is 9.26 Å². The number of benzene rings is 2. The van der Waals surface area contributed by atoms with E-state index in [-0.39, 0.29) is 11.5 Å². The molecule has 0 aliphatic rings. The van der Waals surface area contributed by atoms with Crippen molar-refractivity contribution in [3.8, 4) is 22.7 Å². The lowest BCUT2D eigenvalue weighted by Crippen LogP contribution is -2.14. The van der Waals surface area contributed by atoms with Crippen molar-refractivity contribution in [3.05, 3.63) is 71.4 Å². The summed E-state index contributed by atoms with van der Waals surface area (Å²) in [4.78, 5) is 17.8. The van der Waals surface area contributed by atoms with E-state index in [2.05, 4.69) is 31.0 Å². The Hall–Kier alpha value is -4.67. The van der Waals surface area contributed by atoms with E-state index >= 15 is 0 Å². The number of amides is 1. The molecule has 0 aliphatic heterocycles. The van der Waals surface area contributed by atoms with Gasteiger partial charge in [-0.05, 0) is 72.8 Å². The number of rotatable bonds is 5. The second-order valence-corrected chi connectivity index (χ2v) is 7.49. The second kappa shape index (κ2) is 8.35. The number of halogens is 1.